The van der Waals surface area contributed by atoms with Crippen LogP contribution in [0.2, 0.25) is 0 Å². The van der Waals surface area contributed by atoms with Crippen LogP contribution in [0.4, 0.5) is 24.7 Å². The summed E-state index contributed by atoms with van der Waals surface area (Å²) in [5.74, 6) is -2.32. The number of morpholine rings is 1. The number of allylic oxidation sites excluding steroid dienone is 1. The number of hydrogen-bond acceptors (Lipinski definition) is 5. The van der Waals surface area contributed by atoms with E-state index in [4.69, 9.17) is 4.74 Å². The molecule has 1 fully saturated rings. The first kappa shape index (κ1) is 22.5. The minimum Gasteiger partial charge on any atom is -0.378 e. The summed E-state index contributed by atoms with van der Waals surface area (Å²) < 4.78 is 50.0. The third kappa shape index (κ3) is 3.76. The lowest BCUT2D eigenvalue weighted by Gasteiger charge is -2.28. The molecule has 0 radical (unpaired) electrons. The molecule has 1 saturated heterocycles. The maximum absolute atomic E-state index is 15.1. The van der Waals surface area contributed by atoms with E-state index in [1.54, 1.807) is 18.3 Å². The zero-order chi connectivity index (χ0) is 24.8. The van der Waals surface area contributed by atoms with Gasteiger partial charge in [-0.05, 0) is 42.3 Å². The first-order valence-corrected chi connectivity index (χ1v) is 11.7. The quantitative estimate of drug-likeness (QED) is 0.546. The maximum Gasteiger partial charge on any atom is 0.280 e. The summed E-state index contributed by atoms with van der Waals surface area (Å²) in [6.07, 6.45) is 3.61. The highest BCUT2D eigenvalue weighted by Gasteiger charge is 2.40. The SMILES string of the molecule is O=C1C2=CC(Cc3ccc(N4CCOCC4)nc3)c3c(F)ccc(F)c3C2=NN1c1ccccc1F. The molecule has 1 atom stereocenters. The Bertz CT molecular complexity index is 1420. The van der Waals surface area contributed by atoms with Crippen LogP contribution < -0.4 is 9.91 Å². The number of aromatic nitrogens is 1. The molecule has 182 valence electrons. The molecule has 1 unspecified atom stereocenters. The van der Waals surface area contributed by atoms with Gasteiger partial charge in [0.25, 0.3) is 5.91 Å². The summed E-state index contributed by atoms with van der Waals surface area (Å²) in [6.45, 7) is 2.79. The number of hydrogen-bond donors (Lipinski definition) is 0. The second-order valence-electron chi connectivity index (χ2n) is 8.85. The Hall–Kier alpha value is -3.98. The van der Waals surface area contributed by atoms with Gasteiger partial charge >= 0.3 is 0 Å². The molecule has 3 aliphatic rings. The summed E-state index contributed by atoms with van der Waals surface area (Å²) in [4.78, 5) is 19.9. The third-order valence-corrected chi connectivity index (χ3v) is 6.68. The molecule has 36 heavy (non-hydrogen) atoms. The summed E-state index contributed by atoms with van der Waals surface area (Å²) >= 11 is 0. The molecule has 2 aliphatic heterocycles. The second-order valence-corrected chi connectivity index (χ2v) is 8.85. The maximum atomic E-state index is 15.1. The zero-order valence-corrected chi connectivity index (χ0v) is 19.1. The van der Waals surface area contributed by atoms with Gasteiger partial charge in [-0.1, -0.05) is 24.3 Å². The minimum atomic E-state index is -0.690. The third-order valence-electron chi connectivity index (χ3n) is 6.68. The number of pyridine rings is 1. The van der Waals surface area contributed by atoms with Gasteiger partial charge in [-0.3, -0.25) is 4.79 Å². The molecule has 1 aromatic heterocycles. The number of carbonyl (C=O) groups excluding carboxylic acids is 1. The van der Waals surface area contributed by atoms with E-state index in [2.05, 4.69) is 15.0 Å². The van der Waals surface area contributed by atoms with Crippen molar-refractivity contribution < 1.29 is 22.7 Å². The Labute approximate surface area is 205 Å². The highest BCUT2D eigenvalue weighted by Crippen LogP contribution is 2.40. The second kappa shape index (κ2) is 8.91. The molecule has 1 amide bonds. The number of halogens is 3. The monoisotopic (exact) mass is 490 g/mol. The number of fused-ring (bicyclic) bond motifs is 3. The van der Waals surface area contributed by atoms with Gasteiger partial charge in [0, 0.05) is 36.3 Å². The molecule has 6 rings (SSSR count). The fourth-order valence-corrected chi connectivity index (χ4v) is 4.92. The van der Waals surface area contributed by atoms with Crippen molar-refractivity contribution in [3.05, 3.63) is 101 Å². The molecule has 6 nitrogen and oxygen atoms in total. The fraction of sp³-hybridized carbons (Fsp3) is 0.222. The van der Waals surface area contributed by atoms with Crippen LogP contribution in [-0.4, -0.2) is 42.9 Å². The molecule has 3 heterocycles. The Morgan fingerprint density at radius 1 is 0.944 bits per heavy atom. The highest BCUT2D eigenvalue weighted by molar-refractivity contribution is 6.36. The summed E-state index contributed by atoms with van der Waals surface area (Å²) in [5.41, 5.74) is 0.939. The van der Waals surface area contributed by atoms with Crippen LogP contribution in [0.25, 0.3) is 0 Å². The van der Waals surface area contributed by atoms with Crippen molar-refractivity contribution in [2.45, 2.75) is 12.3 Å². The smallest absolute Gasteiger partial charge is 0.280 e. The summed E-state index contributed by atoms with van der Waals surface area (Å²) in [7, 11) is 0. The minimum absolute atomic E-state index is 0.00675. The van der Waals surface area contributed by atoms with Crippen LogP contribution >= 0.6 is 0 Å². The number of benzene rings is 2. The van der Waals surface area contributed by atoms with Gasteiger partial charge in [0.05, 0.1) is 18.8 Å². The van der Waals surface area contributed by atoms with E-state index < -0.39 is 29.3 Å². The lowest BCUT2D eigenvalue weighted by Crippen LogP contribution is -2.36. The molecule has 2 aromatic carbocycles. The van der Waals surface area contributed by atoms with E-state index >= 15 is 8.78 Å². The van der Waals surface area contributed by atoms with Crippen molar-refractivity contribution in [2.24, 2.45) is 5.10 Å². The van der Waals surface area contributed by atoms with Crippen molar-refractivity contribution in [3.8, 4) is 0 Å². The zero-order valence-electron chi connectivity index (χ0n) is 19.1. The Morgan fingerprint density at radius 2 is 1.72 bits per heavy atom. The Balaban J connectivity index is 1.37. The number of rotatable bonds is 4. The molecule has 0 N–H and O–H groups in total. The lowest BCUT2D eigenvalue weighted by molar-refractivity contribution is -0.114. The predicted octanol–water partition coefficient (Wildman–Crippen LogP) is 4.35. The topological polar surface area (TPSA) is 58.0 Å². The van der Waals surface area contributed by atoms with Crippen molar-refractivity contribution in [2.75, 3.05) is 36.2 Å². The van der Waals surface area contributed by atoms with Crippen LogP contribution in [0, 0.1) is 17.5 Å². The standard InChI is InChI=1S/C27H21F3N4O2/c28-19-3-1-2-4-22(19)34-27(35)18-14-17(24-20(29)6-7-21(30)25(24)26(18)32-34)13-16-5-8-23(31-15-16)33-9-11-36-12-10-33/h1-8,14-15,17H,9-13H2. The van der Waals surface area contributed by atoms with Crippen molar-refractivity contribution >= 4 is 23.1 Å². The molecular formula is C27H21F3N4O2. The number of anilines is 2. The average Bonchev–Trinajstić information content (AvgIpc) is 3.23. The van der Waals surface area contributed by atoms with Gasteiger partial charge in [0.2, 0.25) is 0 Å². The van der Waals surface area contributed by atoms with Crippen molar-refractivity contribution in [1.29, 1.82) is 0 Å². The normalized spacial score (nSPS) is 19.1. The number of para-hydroxylation sites is 1. The number of carbonyl (C=O) groups is 1. The van der Waals surface area contributed by atoms with Crippen LogP contribution in [0.15, 0.2) is 71.5 Å². The van der Waals surface area contributed by atoms with E-state index in [1.807, 2.05) is 12.1 Å². The Kier molecular flexibility index (Phi) is 5.56. The van der Waals surface area contributed by atoms with E-state index in [0.717, 1.165) is 41.6 Å². The molecule has 9 heteroatoms. The molecule has 0 spiro atoms. The van der Waals surface area contributed by atoms with Crippen LogP contribution in [0.1, 0.15) is 22.6 Å². The largest absolute Gasteiger partial charge is 0.378 e. The van der Waals surface area contributed by atoms with E-state index in [-0.39, 0.29) is 28.1 Å². The number of amides is 1. The van der Waals surface area contributed by atoms with Gasteiger partial charge in [0.1, 0.15) is 34.7 Å². The van der Waals surface area contributed by atoms with Gasteiger partial charge in [-0.25, -0.2) is 18.2 Å². The fourth-order valence-electron chi connectivity index (χ4n) is 4.92. The molecule has 3 aromatic rings. The number of hydrazone groups is 1. The number of ether oxygens (including phenoxy) is 1. The van der Waals surface area contributed by atoms with Crippen molar-refractivity contribution in [3.63, 3.8) is 0 Å². The average molecular weight is 490 g/mol. The van der Waals surface area contributed by atoms with Crippen LogP contribution in [0.3, 0.4) is 0 Å². The van der Waals surface area contributed by atoms with Crippen LogP contribution in [0.5, 0.6) is 0 Å². The van der Waals surface area contributed by atoms with E-state index in [0.29, 0.717) is 19.6 Å². The molecular weight excluding hydrogens is 469 g/mol. The lowest BCUT2D eigenvalue weighted by atomic mass is 9.79. The van der Waals surface area contributed by atoms with Crippen LogP contribution in [-0.2, 0) is 16.0 Å². The predicted molar refractivity (Wildman–Crippen MR) is 129 cm³/mol. The van der Waals surface area contributed by atoms with E-state index in [1.165, 1.54) is 18.2 Å². The van der Waals surface area contributed by atoms with Crippen molar-refractivity contribution in [1.82, 2.24) is 4.98 Å². The first-order valence-electron chi connectivity index (χ1n) is 11.7. The Morgan fingerprint density at radius 3 is 2.47 bits per heavy atom. The molecule has 0 saturated carbocycles. The highest BCUT2D eigenvalue weighted by atomic mass is 19.1. The summed E-state index contributed by atoms with van der Waals surface area (Å²) in [5, 5.41) is 5.14. The molecule has 0 bridgehead atoms. The molecule has 1 aliphatic carbocycles. The van der Waals surface area contributed by atoms with Gasteiger partial charge in [0.15, 0.2) is 0 Å². The summed E-state index contributed by atoms with van der Waals surface area (Å²) in [6, 6.07) is 11.6. The van der Waals surface area contributed by atoms with Gasteiger partial charge in [-0.2, -0.15) is 10.1 Å². The van der Waals surface area contributed by atoms with E-state index in [9.17, 15) is 9.18 Å². The number of nitrogens with zero attached hydrogens (tertiary/aromatic N) is 4. The van der Waals surface area contributed by atoms with Gasteiger partial charge < -0.3 is 9.64 Å². The van der Waals surface area contributed by atoms with Gasteiger partial charge in [-0.15, -0.1) is 0 Å². The first-order chi connectivity index (χ1) is 17.5.